The van der Waals surface area contributed by atoms with Crippen molar-refractivity contribution in [1.82, 2.24) is 4.90 Å². The molecule has 2 aliphatic rings. The number of hydrogen-bond donors (Lipinski definition) is 0. The van der Waals surface area contributed by atoms with E-state index in [1.165, 1.54) is 12.8 Å². The normalized spacial score (nSPS) is 41.6. The first-order valence-electron chi connectivity index (χ1n) is 5.15. The zero-order valence-electron chi connectivity index (χ0n) is 7.98. The van der Waals surface area contributed by atoms with Crippen LogP contribution in [0.5, 0.6) is 0 Å². The third-order valence-electron chi connectivity index (χ3n) is 3.71. The van der Waals surface area contributed by atoms with Gasteiger partial charge in [0.15, 0.2) is 0 Å². The van der Waals surface area contributed by atoms with Gasteiger partial charge in [-0.3, -0.25) is 4.90 Å². The van der Waals surface area contributed by atoms with E-state index in [1.807, 2.05) is 0 Å². The number of likely N-dealkylation sites (N-methyl/N-ethyl adjacent to an activating group) is 1. The lowest BCUT2D eigenvalue weighted by Crippen LogP contribution is -2.08. The van der Waals surface area contributed by atoms with Crippen LogP contribution in [0.1, 0.15) is 24.3 Å². The average Bonchev–Trinajstić information content (AvgIpc) is 2.67. The van der Waals surface area contributed by atoms with Gasteiger partial charge in [0, 0.05) is 18.0 Å². The number of hydrogen-bond acceptors (Lipinski definition) is 1. The molecule has 1 nitrogen and oxygen atoms in total. The predicted molar refractivity (Wildman–Crippen MR) is 53.8 cm³/mol. The van der Waals surface area contributed by atoms with Crippen LogP contribution in [0.15, 0.2) is 30.3 Å². The number of benzene rings is 1. The molecule has 1 aliphatic carbocycles. The molecule has 1 aromatic rings. The van der Waals surface area contributed by atoms with Gasteiger partial charge in [-0.25, -0.2) is 0 Å². The summed E-state index contributed by atoms with van der Waals surface area (Å²) in [6.45, 7) is 0. The Hall–Kier alpha value is -0.820. The summed E-state index contributed by atoms with van der Waals surface area (Å²) in [6.07, 6.45) is 2.80. The minimum absolute atomic E-state index is 0.816. The van der Waals surface area contributed by atoms with Crippen LogP contribution in [0.2, 0.25) is 0 Å². The summed E-state index contributed by atoms with van der Waals surface area (Å²) in [7, 11) is 2.25. The SMILES string of the molecule is CN1C2[C@H]1CC[C@H]2c1ccccc1. The third-order valence-corrected chi connectivity index (χ3v) is 3.71. The quantitative estimate of drug-likeness (QED) is 0.589. The fourth-order valence-electron chi connectivity index (χ4n) is 2.94. The molecule has 1 heteroatoms. The van der Waals surface area contributed by atoms with Crippen LogP contribution >= 0.6 is 0 Å². The Morgan fingerprint density at radius 1 is 1.15 bits per heavy atom. The Kier molecular flexibility index (Phi) is 1.50. The van der Waals surface area contributed by atoms with Crippen LogP contribution in [-0.4, -0.2) is 24.0 Å². The number of likely N-dealkylation sites (tertiary alicyclic amines) is 1. The second-order valence-corrected chi connectivity index (χ2v) is 4.32. The maximum Gasteiger partial charge on any atom is 0.0320 e. The van der Waals surface area contributed by atoms with E-state index >= 15 is 0 Å². The summed E-state index contributed by atoms with van der Waals surface area (Å²) >= 11 is 0. The highest BCUT2D eigenvalue weighted by atomic mass is 15.3. The molecule has 2 unspecified atom stereocenters. The summed E-state index contributed by atoms with van der Waals surface area (Å²) in [6, 6.07) is 12.7. The maximum atomic E-state index is 2.52. The Labute approximate surface area is 79.4 Å². The third kappa shape index (κ3) is 1.03. The van der Waals surface area contributed by atoms with Crippen molar-refractivity contribution < 1.29 is 0 Å². The Morgan fingerprint density at radius 3 is 2.54 bits per heavy atom. The van der Waals surface area contributed by atoms with Crippen LogP contribution < -0.4 is 0 Å². The van der Waals surface area contributed by atoms with Gasteiger partial charge in [-0.15, -0.1) is 0 Å². The number of rotatable bonds is 1. The minimum atomic E-state index is 0.816. The first kappa shape index (κ1) is 7.57. The second-order valence-electron chi connectivity index (χ2n) is 4.32. The molecule has 0 bridgehead atoms. The zero-order chi connectivity index (χ0) is 8.84. The van der Waals surface area contributed by atoms with E-state index in [0.29, 0.717) is 0 Å². The van der Waals surface area contributed by atoms with Crippen molar-refractivity contribution in [3.8, 4) is 0 Å². The first-order chi connectivity index (χ1) is 6.38. The van der Waals surface area contributed by atoms with Gasteiger partial charge < -0.3 is 0 Å². The summed E-state index contributed by atoms with van der Waals surface area (Å²) < 4.78 is 0. The Morgan fingerprint density at radius 2 is 1.92 bits per heavy atom. The first-order valence-corrected chi connectivity index (χ1v) is 5.15. The van der Waals surface area contributed by atoms with Crippen molar-refractivity contribution in [3.63, 3.8) is 0 Å². The van der Waals surface area contributed by atoms with E-state index in [1.54, 1.807) is 5.56 Å². The maximum absolute atomic E-state index is 2.52. The molecule has 13 heavy (non-hydrogen) atoms. The van der Waals surface area contributed by atoms with Crippen molar-refractivity contribution >= 4 is 0 Å². The molecule has 2 fully saturated rings. The molecule has 0 radical (unpaired) electrons. The molecule has 1 aliphatic heterocycles. The summed E-state index contributed by atoms with van der Waals surface area (Å²) in [5, 5.41) is 0. The van der Waals surface area contributed by atoms with E-state index in [4.69, 9.17) is 0 Å². The predicted octanol–water partition coefficient (Wildman–Crippen LogP) is 2.25. The van der Waals surface area contributed by atoms with Gasteiger partial charge in [0.05, 0.1) is 0 Å². The molecule has 1 aromatic carbocycles. The van der Waals surface area contributed by atoms with Crippen LogP contribution in [0.25, 0.3) is 0 Å². The van der Waals surface area contributed by atoms with Crippen molar-refractivity contribution in [2.24, 2.45) is 0 Å². The molecule has 0 amide bonds. The minimum Gasteiger partial charge on any atom is -0.297 e. The Balaban J connectivity index is 1.87. The van der Waals surface area contributed by atoms with E-state index in [2.05, 4.69) is 42.3 Å². The van der Waals surface area contributed by atoms with Gasteiger partial charge in [-0.05, 0) is 25.5 Å². The summed E-state index contributed by atoms with van der Waals surface area (Å²) in [4.78, 5) is 2.52. The molecule has 0 spiro atoms. The second kappa shape index (κ2) is 2.58. The molecule has 1 saturated heterocycles. The van der Waals surface area contributed by atoms with Crippen LogP contribution in [-0.2, 0) is 0 Å². The molecule has 3 rings (SSSR count). The monoisotopic (exact) mass is 173 g/mol. The fraction of sp³-hybridized carbons (Fsp3) is 0.500. The molecule has 4 atom stereocenters. The van der Waals surface area contributed by atoms with E-state index < -0.39 is 0 Å². The average molecular weight is 173 g/mol. The highest BCUT2D eigenvalue weighted by Gasteiger charge is 2.53. The van der Waals surface area contributed by atoms with Crippen LogP contribution in [0, 0.1) is 0 Å². The van der Waals surface area contributed by atoms with Crippen molar-refractivity contribution in [2.75, 3.05) is 7.05 Å². The smallest absolute Gasteiger partial charge is 0.0320 e. The molecule has 0 N–H and O–H groups in total. The molecule has 1 heterocycles. The van der Waals surface area contributed by atoms with Gasteiger partial charge in [0.25, 0.3) is 0 Å². The molecule has 68 valence electrons. The van der Waals surface area contributed by atoms with E-state index in [-0.39, 0.29) is 0 Å². The molecule has 1 saturated carbocycles. The van der Waals surface area contributed by atoms with Gasteiger partial charge in [0.2, 0.25) is 0 Å². The van der Waals surface area contributed by atoms with Crippen molar-refractivity contribution in [1.29, 1.82) is 0 Å². The molecular weight excluding hydrogens is 158 g/mol. The van der Waals surface area contributed by atoms with Gasteiger partial charge >= 0.3 is 0 Å². The van der Waals surface area contributed by atoms with Crippen molar-refractivity contribution in [3.05, 3.63) is 35.9 Å². The lowest BCUT2D eigenvalue weighted by Gasteiger charge is -2.13. The van der Waals surface area contributed by atoms with E-state index in [9.17, 15) is 0 Å². The number of fused-ring (bicyclic) bond motifs is 1. The number of nitrogens with zero attached hydrogens (tertiary/aromatic N) is 1. The fourth-order valence-corrected chi connectivity index (χ4v) is 2.94. The lowest BCUT2D eigenvalue weighted by molar-refractivity contribution is 0.464. The van der Waals surface area contributed by atoms with Crippen LogP contribution in [0.3, 0.4) is 0 Å². The summed E-state index contributed by atoms with van der Waals surface area (Å²) in [5.41, 5.74) is 1.54. The molecular formula is C12H15N. The number of piperidine rings is 1. The van der Waals surface area contributed by atoms with Gasteiger partial charge in [-0.1, -0.05) is 30.3 Å². The summed E-state index contributed by atoms with van der Waals surface area (Å²) in [5.74, 6) is 0.816. The Bertz CT molecular complexity index is 306. The largest absolute Gasteiger partial charge is 0.297 e. The van der Waals surface area contributed by atoms with Crippen LogP contribution in [0.4, 0.5) is 0 Å². The highest BCUT2D eigenvalue weighted by molar-refractivity contribution is 5.28. The topological polar surface area (TPSA) is 3.01 Å². The van der Waals surface area contributed by atoms with Gasteiger partial charge in [0.1, 0.15) is 0 Å². The highest BCUT2D eigenvalue weighted by Crippen LogP contribution is 2.49. The van der Waals surface area contributed by atoms with E-state index in [0.717, 1.165) is 18.0 Å². The standard InChI is InChI=1S/C12H15N/c1-13-11-8-7-10(12(11)13)9-5-3-2-4-6-9/h2-6,10-12H,7-8H2,1H3/t10-,11+,12?,13?/m0/s1. The van der Waals surface area contributed by atoms with Gasteiger partial charge in [-0.2, -0.15) is 0 Å². The molecule has 0 aromatic heterocycles. The zero-order valence-corrected chi connectivity index (χ0v) is 7.98. The van der Waals surface area contributed by atoms with Crippen molar-refractivity contribution in [2.45, 2.75) is 30.8 Å². The lowest BCUT2D eigenvalue weighted by atomic mass is 9.96.